The van der Waals surface area contributed by atoms with Crippen LogP contribution in [0.25, 0.3) is 11.1 Å². The number of carbonyl (C=O) groups is 1. The van der Waals surface area contributed by atoms with Crippen molar-refractivity contribution in [1.29, 1.82) is 0 Å². The summed E-state index contributed by atoms with van der Waals surface area (Å²) < 4.78 is 25.2. The lowest BCUT2D eigenvalue weighted by Crippen LogP contribution is -2.39. The van der Waals surface area contributed by atoms with Crippen molar-refractivity contribution < 1.29 is 23.8 Å². The van der Waals surface area contributed by atoms with Gasteiger partial charge in [0.15, 0.2) is 6.10 Å². The number of benzene rings is 2. The Labute approximate surface area is 242 Å². The smallest absolute Gasteiger partial charge is 0.337 e. The van der Waals surface area contributed by atoms with Gasteiger partial charge in [0.05, 0.1) is 23.5 Å². The molecule has 0 spiro atoms. The average Bonchev–Trinajstić information content (AvgIpc) is 2.88. The summed E-state index contributed by atoms with van der Waals surface area (Å²) in [5.74, 6) is -0.485. The number of anilines is 2. The van der Waals surface area contributed by atoms with E-state index >= 15 is 0 Å². The molecule has 2 heterocycles. The number of hydrogen-bond acceptors (Lipinski definition) is 6. The molecule has 3 aromatic rings. The van der Waals surface area contributed by atoms with E-state index in [1.54, 1.807) is 12.1 Å². The summed E-state index contributed by atoms with van der Waals surface area (Å²) in [6.07, 6.45) is 1.31. The van der Waals surface area contributed by atoms with E-state index in [2.05, 4.69) is 23.7 Å². The first-order valence-electron chi connectivity index (χ1n) is 14.2. The van der Waals surface area contributed by atoms with Gasteiger partial charge in [0.25, 0.3) is 0 Å². The second-order valence-electron chi connectivity index (χ2n) is 12.6. The van der Waals surface area contributed by atoms with E-state index in [1.807, 2.05) is 52.0 Å². The van der Waals surface area contributed by atoms with Crippen molar-refractivity contribution in [3.8, 4) is 16.9 Å². The molecule has 3 N–H and O–H groups in total. The number of carboxylic acids is 1. The fourth-order valence-corrected chi connectivity index (χ4v) is 5.23. The van der Waals surface area contributed by atoms with Gasteiger partial charge in [-0.2, -0.15) is 0 Å². The first-order valence-corrected chi connectivity index (χ1v) is 14.2. The zero-order chi connectivity index (χ0) is 29.9. The third-order valence-electron chi connectivity index (χ3n) is 7.52. The van der Waals surface area contributed by atoms with E-state index in [-0.39, 0.29) is 17.1 Å². The molecular formula is C33H42FN3O4. The number of nitrogen functional groups attached to an aromatic ring is 1. The molecule has 1 aliphatic heterocycles. The molecule has 0 amide bonds. The Morgan fingerprint density at radius 2 is 1.71 bits per heavy atom. The number of pyridine rings is 1. The van der Waals surface area contributed by atoms with E-state index in [0.717, 1.165) is 54.0 Å². The Bertz CT molecular complexity index is 1360. The highest BCUT2D eigenvalue weighted by molar-refractivity contribution is 5.90. The lowest BCUT2D eigenvalue weighted by atomic mass is 9.82. The Hall–Kier alpha value is -3.65. The third-order valence-corrected chi connectivity index (χ3v) is 7.52. The minimum absolute atomic E-state index is 0.170. The number of rotatable bonds is 9. The topological polar surface area (TPSA) is 97.9 Å². The average molecular weight is 564 g/mol. The van der Waals surface area contributed by atoms with Crippen LogP contribution < -0.4 is 15.4 Å². The van der Waals surface area contributed by atoms with Gasteiger partial charge in [-0.05, 0) is 81.3 Å². The lowest BCUT2D eigenvalue weighted by Gasteiger charge is -2.41. The molecule has 0 radical (unpaired) electrons. The standard InChI is InChI=1S/C33H42FN3O4/c1-21-26(23-9-13-25(14-10-23)40-20-15-22-7-11-24(34)12-8-22)28(37-18-16-33(5,6)17-19-37)27(30(35)36-21)29(31(38)39)41-32(2,3)4/h7-14,29H,15-20H2,1-6H3,(H2,35,36)(H,38,39)/t29-/m0/s1. The highest BCUT2D eigenvalue weighted by Crippen LogP contribution is 2.45. The predicted octanol–water partition coefficient (Wildman–Crippen LogP) is 6.97. The van der Waals surface area contributed by atoms with Crippen LogP contribution in [0.2, 0.25) is 0 Å². The van der Waals surface area contributed by atoms with Crippen LogP contribution in [0.3, 0.4) is 0 Å². The maximum absolute atomic E-state index is 13.2. The molecule has 0 aliphatic carbocycles. The van der Waals surface area contributed by atoms with Gasteiger partial charge < -0.3 is 25.2 Å². The molecule has 2 aromatic carbocycles. The minimum Gasteiger partial charge on any atom is -0.493 e. The maximum Gasteiger partial charge on any atom is 0.337 e. The van der Waals surface area contributed by atoms with Crippen LogP contribution in [0.1, 0.15) is 70.4 Å². The monoisotopic (exact) mass is 563 g/mol. The Kier molecular flexibility index (Phi) is 8.92. The molecule has 0 bridgehead atoms. The fourth-order valence-electron chi connectivity index (χ4n) is 5.23. The van der Waals surface area contributed by atoms with Crippen LogP contribution in [-0.2, 0) is 16.0 Å². The van der Waals surface area contributed by atoms with Gasteiger partial charge in [-0.1, -0.05) is 38.1 Å². The molecule has 1 atom stereocenters. The number of nitrogens with zero attached hydrogens (tertiary/aromatic N) is 2. The van der Waals surface area contributed by atoms with Gasteiger partial charge in [0.2, 0.25) is 0 Å². The molecule has 1 fully saturated rings. The fraction of sp³-hybridized carbons (Fsp3) is 0.455. The quantitative estimate of drug-likeness (QED) is 0.290. The van der Waals surface area contributed by atoms with Crippen molar-refractivity contribution >= 4 is 17.5 Å². The van der Waals surface area contributed by atoms with Gasteiger partial charge in [-0.25, -0.2) is 14.2 Å². The maximum atomic E-state index is 13.2. The molecule has 220 valence electrons. The molecule has 1 aromatic heterocycles. The number of piperidine rings is 1. The molecular weight excluding hydrogens is 521 g/mol. The number of carboxylic acid groups (broad SMARTS) is 1. The Morgan fingerprint density at radius 1 is 1.10 bits per heavy atom. The van der Waals surface area contributed by atoms with E-state index < -0.39 is 17.7 Å². The summed E-state index contributed by atoms with van der Waals surface area (Å²) in [5.41, 5.74) is 10.6. The van der Waals surface area contributed by atoms with E-state index in [9.17, 15) is 14.3 Å². The van der Waals surface area contributed by atoms with Crippen LogP contribution in [0.5, 0.6) is 5.75 Å². The van der Waals surface area contributed by atoms with Gasteiger partial charge in [0.1, 0.15) is 17.4 Å². The zero-order valence-corrected chi connectivity index (χ0v) is 25.0. The number of halogens is 1. The summed E-state index contributed by atoms with van der Waals surface area (Å²) >= 11 is 0. The normalized spacial score (nSPS) is 15.9. The van der Waals surface area contributed by atoms with E-state index in [4.69, 9.17) is 15.2 Å². The summed E-state index contributed by atoms with van der Waals surface area (Å²) in [7, 11) is 0. The minimum atomic E-state index is -1.28. The number of aromatic nitrogens is 1. The molecule has 1 saturated heterocycles. The highest BCUT2D eigenvalue weighted by atomic mass is 19.1. The van der Waals surface area contributed by atoms with Gasteiger partial charge in [-0.15, -0.1) is 0 Å². The Morgan fingerprint density at radius 3 is 2.27 bits per heavy atom. The number of nitrogens with two attached hydrogens (primary N) is 1. The van der Waals surface area contributed by atoms with Gasteiger partial charge in [0, 0.05) is 30.8 Å². The second-order valence-corrected chi connectivity index (χ2v) is 12.6. The van der Waals surface area contributed by atoms with Gasteiger partial charge in [-0.3, -0.25) is 0 Å². The van der Waals surface area contributed by atoms with Crippen molar-refractivity contribution in [1.82, 2.24) is 4.98 Å². The molecule has 1 aliphatic rings. The van der Waals surface area contributed by atoms with Crippen LogP contribution in [0.4, 0.5) is 15.9 Å². The second kappa shape index (κ2) is 12.1. The van der Waals surface area contributed by atoms with Crippen LogP contribution in [0, 0.1) is 18.2 Å². The molecule has 8 heteroatoms. The number of ether oxygens (including phenoxy) is 2. The largest absolute Gasteiger partial charge is 0.493 e. The number of aryl methyl sites for hydroxylation is 1. The zero-order valence-electron chi connectivity index (χ0n) is 25.0. The molecule has 0 saturated carbocycles. The van der Waals surface area contributed by atoms with Crippen LogP contribution in [0.15, 0.2) is 48.5 Å². The first-order chi connectivity index (χ1) is 19.2. The van der Waals surface area contributed by atoms with Crippen LogP contribution >= 0.6 is 0 Å². The lowest BCUT2D eigenvalue weighted by molar-refractivity contribution is -0.160. The summed E-state index contributed by atoms with van der Waals surface area (Å²) in [6, 6.07) is 14.1. The van der Waals surface area contributed by atoms with Crippen molar-refractivity contribution in [3.63, 3.8) is 0 Å². The summed E-state index contributed by atoms with van der Waals surface area (Å²) in [4.78, 5) is 19.5. The van der Waals surface area contributed by atoms with Crippen molar-refractivity contribution in [2.75, 3.05) is 30.3 Å². The molecule has 41 heavy (non-hydrogen) atoms. The number of aliphatic carboxylic acids is 1. The molecule has 0 unspecified atom stereocenters. The first kappa shape index (κ1) is 30.3. The Balaban J connectivity index is 1.71. The molecule has 4 rings (SSSR count). The van der Waals surface area contributed by atoms with Crippen molar-refractivity contribution in [3.05, 3.63) is 71.2 Å². The van der Waals surface area contributed by atoms with Crippen molar-refractivity contribution in [2.45, 2.75) is 72.5 Å². The SMILES string of the molecule is Cc1nc(N)c([C@H](OC(C)(C)C)C(=O)O)c(N2CCC(C)(C)CC2)c1-c1ccc(OCCc2ccc(F)cc2)cc1. The van der Waals surface area contributed by atoms with E-state index in [0.29, 0.717) is 24.3 Å². The van der Waals surface area contributed by atoms with Gasteiger partial charge >= 0.3 is 5.97 Å². The molecule has 7 nitrogen and oxygen atoms in total. The van der Waals surface area contributed by atoms with E-state index in [1.165, 1.54) is 12.1 Å². The predicted molar refractivity (Wildman–Crippen MR) is 161 cm³/mol. The summed E-state index contributed by atoms with van der Waals surface area (Å²) in [6.45, 7) is 13.9. The number of hydrogen-bond donors (Lipinski definition) is 2. The highest BCUT2D eigenvalue weighted by Gasteiger charge is 2.37. The van der Waals surface area contributed by atoms with Crippen molar-refractivity contribution in [2.24, 2.45) is 5.41 Å². The third kappa shape index (κ3) is 7.55. The summed E-state index contributed by atoms with van der Waals surface area (Å²) in [5, 5.41) is 10.3. The van der Waals surface area contributed by atoms with Crippen LogP contribution in [-0.4, -0.2) is 41.4 Å².